The zero-order chi connectivity index (χ0) is 18.6. The predicted octanol–water partition coefficient (Wildman–Crippen LogP) is 5.20. The molecule has 4 rings (SSSR count). The van der Waals surface area contributed by atoms with Gasteiger partial charge in [-0.05, 0) is 47.6 Å². The minimum atomic E-state index is 0.545. The second-order valence-corrected chi connectivity index (χ2v) is 6.92. The fourth-order valence-corrected chi connectivity index (χ4v) is 3.29. The third-order valence-electron chi connectivity index (χ3n) is 4.41. The van der Waals surface area contributed by atoms with E-state index in [0.29, 0.717) is 11.7 Å². The van der Waals surface area contributed by atoms with E-state index in [0.717, 1.165) is 11.4 Å². The summed E-state index contributed by atoms with van der Waals surface area (Å²) in [5.41, 5.74) is 4.28. The van der Waals surface area contributed by atoms with Crippen LogP contribution in [-0.4, -0.2) is 14.9 Å². The van der Waals surface area contributed by atoms with E-state index in [2.05, 4.69) is 65.1 Å². The molecule has 0 saturated carbocycles. The first kappa shape index (κ1) is 17.2. The normalized spacial score (nSPS) is 10.7. The maximum absolute atomic E-state index is 5.39. The molecule has 1 heterocycles. The number of hydrogen-bond acceptors (Lipinski definition) is 2. The van der Waals surface area contributed by atoms with Gasteiger partial charge in [-0.25, -0.2) is 0 Å². The highest BCUT2D eigenvalue weighted by Crippen LogP contribution is 2.20. The molecule has 0 amide bonds. The van der Waals surface area contributed by atoms with Crippen LogP contribution in [0.2, 0.25) is 0 Å². The largest absolute Gasteiger partial charge is 0.332 e. The number of rotatable bonds is 4. The first-order chi connectivity index (χ1) is 13.2. The van der Waals surface area contributed by atoms with E-state index in [1.165, 1.54) is 21.9 Å². The Labute approximate surface area is 163 Å². The number of fused-ring (bicyclic) bond motifs is 1. The van der Waals surface area contributed by atoms with Gasteiger partial charge >= 0.3 is 0 Å². The molecule has 0 fully saturated rings. The van der Waals surface area contributed by atoms with Crippen molar-refractivity contribution in [2.45, 2.75) is 13.5 Å². The standard InChI is InChI=1S/C22H20N4S/c1-16-9-11-19(12-10-16)24-22(27)25-20-13-23-26(15-20)14-18-7-4-6-17-5-2-3-8-21(17)18/h2-13,15H,14H2,1H3,(H2,24,25,27). The third-order valence-corrected chi connectivity index (χ3v) is 4.62. The van der Waals surface area contributed by atoms with Gasteiger partial charge in [-0.3, -0.25) is 4.68 Å². The Morgan fingerprint density at radius 1 is 0.926 bits per heavy atom. The predicted molar refractivity (Wildman–Crippen MR) is 116 cm³/mol. The van der Waals surface area contributed by atoms with Crippen LogP contribution in [0.1, 0.15) is 11.1 Å². The molecule has 27 heavy (non-hydrogen) atoms. The summed E-state index contributed by atoms with van der Waals surface area (Å²) in [4.78, 5) is 0. The molecule has 0 aliphatic rings. The molecule has 0 unspecified atom stereocenters. The topological polar surface area (TPSA) is 41.9 Å². The SMILES string of the molecule is Cc1ccc(NC(=S)Nc2cnn(Cc3cccc4ccccc34)c2)cc1. The molecule has 0 aliphatic heterocycles. The number of thiocarbonyl (C=S) groups is 1. The first-order valence-corrected chi connectivity index (χ1v) is 9.22. The molecule has 0 radical (unpaired) electrons. The molecule has 0 saturated heterocycles. The van der Waals surface area contributed by atoms with Crippen molar-refractivity contribution in [1.82, 2.24) is 9.78 Å². The molecule has 4 aromatic rings. The number of hydrogen-bond donors (Lipinski definition) is 2. The van der Waals surface area contributed by atoms with Gasteiger partial charge in [0.25, 0.3) is 0 Å². The van der Waals surface area contributed by atoms with Gasteiger partial charge in [0.1, 0.15) is 0 Å². The Morgan fingerprint density at radius 2 is 1.67 bits per heavy atom. The lowest BCUT2D eigenvalue weighted by Crippen LogP contribution is -2.18. The summed E-state index contributed by atoms with van der Waals surface area (Å²) in [6.45, 7) is 2.77. The molecule has 0 atom stereocenters. The van der Waals surface area contributed by atoms with Crippen LogP contribution in [0.15, 0.2) is 79.1 Å². The molecule has 0 spiro atoms. The van der Waals surface area contributed by atoms with Crippen LogP contribution >= 0.6 is 12.2 Å². The van der Waals surface area contributed by atoms with Crippen molar-refractivity contribution < 1.29 is 0 Å². The van der Waals surface area contributed by atoms with E-state index >= 15 is 0 Å². The summed E-state index contributed by atoms with van der Waals surface area (Å²) in [5, 5.41) is 13.9. The fourth-order valence-electron chi connectivity index (χ4n) is 3.05. The summed E-state index contributed by atoms with van der Waals surface area (Å²) in [7, 11) is 0. The van der Waals surface area contributed by atoms with E-state index in [1.807, 2.05) is 35.1 Å². The summed E-state index contributed by atoms with van der Waals surface area (Å²) >= 11 is 5.39. The zero-order valence-electron chi connectivity index (χ0n) is 15.0. The Hall–Kier alpha value is -3.18. The van der Waals surface area contributed by atoms with E-state index in [4.69, 9.17) is 12.2 Å². The van der Waals surface area contributed by atoms with Crippen LogP contribution < -0.4 is 10.6 Å². The number of nitrogens with zero attached hydrogens (tertiary/aromatic N) is 2. The Kier molecular flexibility index (Phi) is 4.85. The minimum Gasteiger partial charge on any atom is -0.332 e. The van der Waals surface area contributed by atoms with Gasteiger partial charge in [0, 0.05) is 11.9 Å². The van der Waals surface area contributed by atoms with Crippen molar-refractivity contribution in [3.05, 3.63) is 90.3 Å². The van der Waals surface area contributed by atoms with Crippen LogP contribution in [-0.2, 0) is 6.54 Å². The molecule has 1 aromatic heterocycles. The zero-order valence-corrected chi connectivity index (χ0v) is 15.8. The van der Waals surface area contributed by atoms with Crippen LogP contribution in [0.4, 0.5) is 11.4 Å². The lowest BCUT2D eigenvalue weighted by Gasteiger charge is -2.09. The third kappa shape index (κ3) is 4.15. The van der Waals surface area contributed by atoms with Gasteiger partial charge in [0.2, 0.25) is 0 Å². The second-order valence-electron chi connectivity index (χ2n) is 6.51. The van der Waals surface area contributed by atoms with Crippen LogP contribution in [0.3, 0.4) is 0 Å². The Balaban J connectivity index is 1.44. The lowest BCUT2D eigenvalue weighted by molar-refractivity contribution is 0.690. The number of benzene rings is 3. The minimum absolute atomic E-state index is 0.545. The van der Waals surface area contributed by atoms with Crippen LogP contribution in [0, 0.1) is 6.92 Å². The average Bonchev–Trinajstić information content (AvgIpc) is 3.10. The maximum Gasteiger partial charge on any atom is 0.175 e. The maximum atomic E-state index is 5.39. The molecule has 0 bridgehead atoms. The monoisotopic (exact) mass is 372 g/mol. The van der Waals surface area contributed by atoms with E-state index < -0.39 is 0 Å². The van der Waals surface area contributed by atoms with Crippen molar-refractivity contribution in [1.29, 1.82) is 0 Å². The van der Waals surface area contributed by atoms with Gasteiger partial charge in [0.05, 0.1) is 18.4 Å². The highest BCUT2D eigenvalue weighted by atomic mass is 32.1. The summed E-state index contributed by atoms with van der Waals surface area (Å²) in [6.07, 6.45) is 3.75. The Morgan fingerprint density at radius 3 is 2.52 bits per heavy atom. The van der Waals surface area contributed by atoms with Crippen molar-refractivity contribution in [2.24, 2.45) is 0 Å². The highest BCUT2D eigenvalue weighted by molar-refractivity contribution is 7.80. The van der Waals surface area contributed by atoms with Crippen molar-refractivity contribution in [3.8, 4) is 0 Å². The van der Waals surface area contributed by atoms with Gasteiger partial charge < -0.3 is 10.6 Å². The molecular formula is C22H20N4S. The van der Waals surface area contributed by atoms with E-state index in [-0.39, 0.29) is 0 Å². The summed E-state index contributed by atoms with van der Waals surface area (Å²) < 4.78 is 1.92. The molecule has 0 aliphatic carbocycles. The van der Waals surface area contributed by atoms with Crippen molar-refractivity contribution >= 4 is 39.5 Å². The first-order valence-electron chi connectivity index (χ1n) is 8.81. The number of aryl methyl sites for hydroxylation is 1. The van der Waals surface area contributed by atoms with Crippen LogP contribution in [0.25, 0.3) is 10.8 Å². The van der Waals surface area contributed by atoms with Gasteiger partial charge in [-0.1, -0.05) is 60.2 Å². The van der Waals surface area contributed by atoms with E-state index in [9.17, 15) is 0 Å². The Bertz CT molecular complexity index is 1080. The molecular weight excluding hydrogens is 352 g/mol. The van der Waals surface area contributed by atoms with E-state index in [1.54, 1.807) is 6.20 Å². The number of aromatic nitrogens is 2. The molecule has 4 nitrogen and oxygen atoms in total. The smallest absolute Gasteiger partial charge is 0.175 e. The van der Waals surface area contributed by atoms with Gasteiger partial charge in [-0.2, -0.15) is 5.10 Å². The van der Waals surface area contributed by atoms with Gasteiger partial charge in [-0.15, -0.1) is 0 Å². The van der Waals surface area contributed by atoms with Crippen LogP contribution in [0.5, 0.6) is 0 Å². The molecule has 134 valence electrons. The van der Waals surface area contributed by atoms with Gasteiger partial charge in [0.15, 0.2) is 5.11 Å². The second kappa shape index (κ2) is 7.60. The van der Waals surface area contributed by atoms with Crippen molar-refractivity contribution in [2.75, 3.05) is 10.6 Å². The van der Waals surface area contributed by atoms with Crippen molar-refractivity contribution in [3.63, 3.8) is 0 Å². The quantitative estimate of drug-likeness (QED) is 0.483. The molecule has 3 aromatic carbocycles. The molecule has 5 heteroatoms. The summed E-state index contributed by atoms with van der Waals surface area (Å²) in [5.74, 6) is 0. The number of nitrogens with one attached hydrogen (secondary N) is 2. The lowest BCUT2D eigenvalue weighted by atomic mass is 10.0. The molecule has 2 N–H and O–H groups in total. The number of anilines is 2. The summed E-state index contributed by atoms with van der Waals surface area (Å²) in [6, 6.07) is 22.9. The fraction of sp³-hybridized carbons (Fsp3) is 0.0909. The highest BCUT2D eigenvalue weighted by Gasteiger charge is 2.05. The average molecular weight is 372 g/mol.